The van der Waals surface area contributed by atoms with Crippen LogP contribution < -0.4 is 5.43 Å². The van der Waals surface area contributed by atoms with Crippen molar-refractivity contribution in [3.63, 3.8) is 0 Å². The maximum atomic E-state index is 13.3. The Labute approximate surface area is 133 Å². The Hall–Kier alpha value is -1.98. The summed E-state index contributed by atoms with van der Waals surface area (Å²) in [6, 6.07) is 7.79. The Morgan fingerprint density at radius 3 is 2.52 bits per heavy atom. The predicted octanol–water partition coefficient (Wildman–Crippen LogP) is 4.01. The lowest BCUT2D eigenvalue weighted by Gasteiger charge is -2.38. The van der Waals surface area contributed by atoms with Gasteiger partial charge in [0.1, 0.15) is 0 Å². The normalized spacial score (nSPS) is 22.7. The third kappa shape index (κ3) is 2.50. The monoisotopic (exact) mass is 322 g/mol. The molecule has 1 atom stereocenters. The molecule has 0 spiro atoms. The summed E-state index contributed by atoms with van der Waals surface area (Å²) >= 11 is 0. The Balaban J connectivity index is 2.05. The maximum absolute atomic E-state index is 13.3. The Morgan fingerprint density at radius 1 is 1.22 bits per heavy atom. The van der Waals surface area contributed by atoms with Crippen molar-refractivity contribution in [3.8, 4) is 0 Å². The van der Waals surface area contributed by atoms with Gasteiger partial charge in [0.2, 0.25) is 0 Å². The van der Waals surface area contributed by atoms with Crippen molar-refractivity contribution in [2.24, 2.45) is 10.5 Å². The minimum Gasteiger partial charge on any atom is -0.364 e. The maximum Gasteiger partial charge on any atom is 0.437 e. The summed E-state index contributed by atoms with van der Waals surface area (Å²) in [6.45, 7) is 5.74. The van der Waals surface area contributed by atoms with Crippen LogP contribution in [0.25, 0.3) is 0 Å². The summed E-state index contributed by atoms with van der Waals surface area (Å²) in [5, 5.41) is 3.37. The molecule has 3 rings (SSSR count). The number of fused-ring (bicyclic) bond motifs is 1. The summed E-state index contributed by atoms with van der Waals surface area (Å²) in [7, 11) is 1.70. The third-order valence-corrected chi connectivity index (χ3v) is 4.61. The number of hydrogen-bond donors (Lipinski definition) is 0. The molecule has 0 saturated carbocycles. The van der Waals surface area contributed by atoms with Crippen LogP contribution in [0.4, 0.5) is 13.2 Å². The molecule has 1 radical (unpaired) electrons. The third-order valence-electron chi connectivity index (χ3n) is 4.61. The van der Waals surface area contributed by atoms with Crippen LogP contribution in [0.5, 0.6) is 0 Å². The molecule has 1 aromatic rings. The van der Waals surface area contributed by atoms with Crippen molar-refractivity contribution in [1.29, 1.82) is 0 Å². The highest BCUT2D eigenvalue weighted by atomic mass is 19.4. The van der Waals surface area contributed by atoms with E-state index >= 15 is 0 Å². The molecule has 1 unspecified atom stereocenters. The molecular weight excluding hydrogens is 303 g/mol. The Bertz CT molecular complexity index is 701. The molecule has 1 aromatic carbocycles. The van der Waals surface area contributed by atoms with E-state index in [0.717, 1.165) is 12.0 Å². The van der Waals surface area contributed by atoms with Gasteiger partial charge in [0, 0.05) is 7.05 Å². The number of halogens is 3. The highest BCUT2D eigenvalue weighted by molar-refractivity contribution is 6.05. The van der Waals surface area contributed by atoms with Crippen LogP contribution in [0.1, 0.15) is 37.9 Å². The first kappa shape index (κ1) is 15.9. The zero-order valence-electron chi connectivity index (χ0n) is 13.6. The van der Waals surface area contributed by atoms with Gasteiger partial charge in [-0.05, 0) is 29.9 Å². The minimum absolute atomic E-state index is 0.0762. The van der Waals surface area contributed by atoms with Gasteiger partial charge in [-0.2, -0.15) is 18.6 Å². The van der Waals surface area contributed by atoms with Crippen LogP contribution in [0, 0.1) is 5.41 Å². The van der Waals surface area contributed by atoms with Gasteiger partial charge in [-0.1, -0.05) is 38.1 Å². The summed E-state index contributed by atoms with van der Waals surface area (Å²) in [5.41, 5.74) is 5.23. The van der Waals surface area contributed by atoms with Gasteiger partial charge in [-0.15, -0.1) is 5.10 Å². The van der Waals surface area contributed by atoms with E-state index in [-0.39, 0.29) is 17.2 Å². The van der Waals surface area contributed by atoms with E-state index < -0.39 is 11.9 Å². The molecule has 0 aromatic heterocycles. The smallest absolute Gasteiger partial charge is 0.364 e. The Morgan fingerprint density at radius 2 is 1.87 bits per heavy atom. The standard InChI is InChI=1S/C17H19F3N3/c1-10-13(14(22-21-10)17(18,19)20)23(4)15-12-8-6-5-7-11(12)9-16(15,2)3/h5-8,15H,9H2,1-4H3. The Kier molecular flexibility index (Phi) is 3.46. The van der Waals surface area contributed by atoms with E-state index in [1.807, 2.05) is 24.3 Å². The van der Waals surface area contributed by atoms with Gasteiger partial charge in [0.05, 0.1) is 17.4 Å². The van der Waals surface area contributed by atoms with Crippen LogP contribution in [-0.2, 0) is 6.42 Å². The molecule has 3 nitrogen and oxygen atoms in total. The second-order valence-electron chi connectivity index (χ2n) is 6.86. The van der Waals surface area contributed by atoms with Gasteiger partial charge in [0.15, 0.2) is 5.71 Å². The van der Waals surface area contributed by atoms with E-state index in [0.29, 0.717) is 5.70 Å². The molecule has 0 amide bonds. The molecular formula is C17H19F3N3. The summed E-state index contributed by atoms with van der Waals surface area (Å²) < 4.78 is 39.8. The van der Waals surface area contributed by atoms with Crippen molar-refractivity contribution < 1.29 is 13.2 Å². The van der Waals surface area contributed by atoms with Gasteiger partial charge in [-0.25, -0.2) is 0 Å². The van der Waals surface area contributed by atoms with E-state index in [2.05, 4.69) is 24.4 Å². The average molecular weight is 322 g/mol. The van der Waals surface area contributed by atoms with Crippen LogP contribution in [0.2, 0.25) is 0 Å². The van der Waals surface area contributed by atoms with Crippen LogP contribution in [-0.4, -0.2) is 23.8 Å². The van der Waals surface area contributed by atoms with E-state index in [1.54, 1.807) is 18.9 Å². The average Bonchev–Trinajstić information content (AvgIpc) is 2.93. The molecule has 0 N–H and O–H groups in total. The quantitative estimate of drug-likeness (QED) is 0.809. The molecule has 1 aliphatic heterocycles. The van der Waals surface area contributed by atoms with Gasteiger partial charge in [0.25, 0.3) is 0 Å². The zero-order chi connectivity index (χ0) is 17.0. The molecule has 1 aliphatic carbocycles. The van der Waals surface area contributed by atoms with Crippen molar-refractivity contribution in [2.75, 3.05) is 7.05 Å². The van der Waals surface area contributed by atoms with Crippen LogP contribution in [0.3, 0.4) is 0 Å². The highest BCUT2D eigenvalue weighted by Gasteiger charge is 2.48. The lowest BCUT2D eigenvalue weighted by Crippen LogP contribution is -2.38. The second kappa shape index (κ2) is 5.01. The molecule has 123 valence electrons. The minimum atomic E-state index is -4.51. The zero-order valence-corrected chi connectivity index (χ0v) is 13.6. The number of benzene rings is 1. The van der Waals surface area contributed by atoms with Crippen LogP contribution in [0.15, 0.2) is 40.8 Å². The van der Waals surface area contributed by atoms with Gasteiger partial charge >= 0.3 is 6.18 Å². The number of alkyl halides is 3. The molecule has 6 heteroatoms. The fourth-order valence-corrected chi connectivity index (χ4v) is 3.84. The molecule has 2 aliphatic rings. The van der Waals surface area contributed by atoms with Crippen molar-refractivity contribution in [1.82, 2.24) is 10.3 Å². The van der Waals surface area contributed by atoms with Gasteiger partial charge < -0.3 is 4.90 Å². The number of allylic oxidation sites excluding steroid dienone is 2. The lowest BCUT2D eigenvalue weighted by atomic mass is 9.84. The molecule has 0 fully saturated rings. The molecule has 0 saturated heterocycles. The first-order valence-corrected chi connectivity index (χ1v) is 7.50. The van der Waals surface area contributed by atoms with Gasteiger partial charge in [-0.3, -0.25) is 0 Å². The van der Waals surface area contributed by atoms with Crippen molar-refractivity contribution in [2.45, 2.75) is 39.4 Å². The SMILES string of the molecule is CC1=C(N(C)C2c3ccccc3CC2(C)C)C(C(F)(F)F)=N[N]1. The number of hydrogen-bond acceptors (Lipinski definition) is 2. The molecule has 1 heterocycles. The summed E-state index contributed by atoms with van der Waals surface area (Å²) in [4.78, 5) is 1.70. The molecule has 23 heavy (non-hydrogen) atoms. The van der Waals surface area contributed by atoms with Crippen molar-refractivity contribution in [3.05, 3.63) is 46.8 Å². The fraction of sp³-hybridized carbons (Fsp3) is 0.471. The van der Waals surface area contributed by atoms with E-state index in [9.17, 15) is 13.2 Å². The van der Waals surface area contributed by atoms with Crippen molar-refractivity contribution >= 4 is 5.71 Å². The first-order chi connectivity index (χ1) is 10.6. The first-order valence-electron chi connectivity index (χ1n) is 7.50. The molecule has 0 bridgehead atoms. The second-order valence-corrected chi connectivity index (χ2v) is 6.86. The van der Waals surface area contributed by atoms with E-state index in [1.165, 1.54) is 5.56 Å². The van der Waals surface area contributed by atoms with Crippen LogP contribution >= 0.6 is 0 Å². The summed E-state index contributed by atoms with van der Waals surface area (Å²) in [5.74, 6) is 0. The lowest BCUT2D eigenvalue weighted by molar-refractivity contribution is -0.0597. The fourth-order valence-electron chi connectivity index (χ4n) is 3.84. The van der Waals surface area contributed by atoms with E-state index in [4.69, 9.17) is 0 Å². The number of rotatable bonds is 2. The highest BCUT2D eigenvalue weighted by Crippen LogP contribution is 2.50. The topological polar surface area (TPSA) is 29.7 Å². The largest absolute Gasteiger partial charge is 0.437 e. The summed E-state index contributed by atoms with van der Waals surface area (Å²) in [6.07, 6.45) is -3.67. The predicted molar refractivity (Wildman–Crippen MR) is 82.8 cm³/mol. The number of nitrogens with zero attached hydrogens (tertiary/aromatic N) is 3.